The molecule has 0 saturated carbocycles. The Labute approximate surface area is 128 Å². The molecule has 2 N–H and O–H groups in total. The third-order valence-corrected chi connectivity index (χ3v) is 3.47. The van der Waals surface area contributed by atoms with Crippen LogP contribution in [0, 0.1) is 6.92 Å². The number of carbonyl (C=O) groups excluding carboxylic acids is 1. The van der Waals surface area contributed by atoms with E-state index in [2.05, 4.69) is 10.3 Å². The van der Waals surface area contributed by atoms with Crippen molar-refractivity contribution in [3.63, 3.8) is 0 Å². The molecule has 0 fully saturated rings. The van der Waals surface area contributed by atoms with Crippen LogP contribution in [-0.4, -0.2) is 20.4 Å². The van der Waals surface area contributed by atoms with Crippen molar-refractivity contribution in [3.05, 3.63) is 65.6 Å². The molecule has 3 rings (SSSR count). The molecular weight excluding hydrogens is 278 g/mol. The van der Waals surface area contributed by atoms with Crippen LogP contribution in [0.1, 0.15) is 16.8 Å². The third-order valence-electron chi connectivity index (χ3n) is 3.47. The Bertz CT molecular complexity index is 824. The highest BCUT2D eigenvalue weighted by Crippen LogP contribution is 2.16. The van der Waals surface area contributed by atoms with E-state index in [0.717, 1.165) is 16.9 Å². The van der Waals surface area contributed by atoms with E-state index in [9.17, 15) is 9.90 Å². The third kappa shape index (κ3) is 3.09. The standard InChI is InChI=1S/C17H17N3O2/c1-12-6-7-20-11-14(19-16(20)8-12)10-18-17(22)9-13-4-2-3-5-15(13)21/h2-8,11,21H,9-10H2,1H3,(H,18,22). The summed E-state index contributed by atoms with van der Waals surface area (Å²) in [5, 5.41) is 12.5. The number of para-hydroxylation sites is 1. The topological polar surface area (TPSA) is 66.6 Å². The van der Waals surface area contributed by atoms with Gasteiger partial charge in [-0.3, -0.25) is 4.79 Å². The maximum absolute atomic E-state index is 12.0. The number of fused-ring (bicyclic) bond motifs is 1. The van der Waals surface area contributed by atoms with Gasteiger partial charge in [0.05, 0.1) is 18.7 Å². The Kier molecular flexibility index (Phi) is 3.78. The van der Waals surface area contributed by atoms with E-state index in [-0.39, 0.29) is 18.1 Å². The van der Waals surface area contributed by atoms with E-state index in [1.54, 1.807) is 24.3 Å². The quantitative estimate of drug-likeness (QED) is 0.775. The van der Waals surface area contributed by atoms with Gasteiger partial charge in [0, 0.05) is 18.0 Å². The van der Waals surface area contributed by atoms with Crippen molar-refractivity contribution in [1.82, 2.24) is 14.7 Å². The monoisotopic (exact) mass is 295 g/mol. The first-order valence-corrected chi connectivity index (χ1v) is 7.09. The fraction of sp³-hybridized carbons (Fsp3) is 0.176. The summed E-state index contributed by atoms with van der Waals surface area (Å²) in [7, 11) is 0. The summed E-state index contributed by atoms with van der Waals surface area (Å²) in [5.41, 5.74) is 3.43. The van der Waals surface area contributed by atoms with Gasteiger partial charge in [0.1, 0.15) is 11.4 Å². The van der Waals surface area contributed by atoms with Gasteiger partial charge in [0.25, 0.3) is 0 Å². The second kappa shape index (κ2) is 5.89. The number of amides is 1. The van der Waals surface area contributed by atoms with E-state index < -0.39 is 0 Å². The molecule has 0 aliphatic rings. The number of pyridine rings is 1. The lowest BCUT2D eigenvalue weighted by Gasteiger charge is -2.05. The molecule has 0 bridgehead atoms. The van der Waals surface area contributed by atoms with Gasteiger partial charge in [0.15, 0.2) is 0 Å². The predicted octanol–water partition coefficient (Wildman–Crippen LogP) is 2.21. The van der Waals surface area contributed by atoms with Crippen LogP contribution in [0.15, 0.2) is 48.8 Å². The molecular formula is C17H17N3O2. The zero-order valence-corrected chi connectivity index (χ0v) is 12.3. The molecule has 2 aromatic heterocycles. The van der Waals surface area contributed by atoms with Crippen LogP contribution in [-0.2, 0) is 17.8 Å². The number of phenolic OH excluding ortho intramolecular Hbond substituents is 1. The summed E-state index contributed by atoms with van der Waals surface area (Å²) in [5.74, 6) is -0.00408. The van der Waals surface area contributed by atoms with Gasteiger partial charge in [-0.25, -0.2) is 4.98 Å². The molecule has 5 nitrogen and oxygen atoms in total. The van der Waals surface area contributed by atoms with Crippen molar-refractivity contribution in [2.45, 2.75) is 19.9 Å². The highest BCUT2D eigenvalue weighted by Gasteiger charge is 2.08. The Balaban J connectivity index is 1.63. The Morgan fingerprint density at radius 1 is 1.32 bits per heavy atom. The lowest BCUT2D eigenvalue weighted by Crippen LogP contribution is -2.24. The van der Waals surface area contributed by atoms with Crippen LogP contribution in [0.4, 0.5) is 0 Å². The number of aromatic nitrogens is 2. The number of aryl methyl sites for hydroxylation is 1. The van der Waals surface area contributed by atoms with Crippen LogP contribution in [0.2, 0.25) is 0 Å². The largest absolute Gasteiger partial charge is 0.508 e. The first kappa shape index (κ1) is 14.1. The maximum Gasteiger partial charge on any atom is 0.224 e. The minimum atomic E-state index is -0.144. The second-order valence-electron chi connectivity index (χ2n) is 5.28. The molecule has 22 heavy (non-hydrogen) atoms. The molecule has 1 amide bonds. The summed E-state index contributed by atoms with van der Waals surface area (Å²) < 4.78 is 1.93. The van der Waals surface area contributed by atoms with Crippen LogP contribution < -0.4 is 5.32 Å². The number of imidazole rings is 1. The number of nitrogens with zero attached hydrogens (tertiary/aromatic N) is 2. The Hall–Kier alpha value is -2.82. The molecule has 112 valence electrons. The Morgan fingerprint density at radius 2 is 2.14 bits per heavy atom. The van der Waals surface area contributed by atoms with Gasteiger partial charge in [-0.15, -0.1) is 0 Å². The number of benzene rings is 1. The van der Waals surface area contributed by atoms with Gasteiger partial charge < -0.3 is 14.8 Å². The number of hydrogen-bond acceptors (Lipinski definition) is 3. The van der Waals surface area contributed by atoms with Gasteiger partial charge in [-0.2, -0.15) is 0 Å². The highest BCUT2D eigenvalue weighted by atomic mass is 16.3. The molecule has 0 saturated heterocycles. The molecule has 0 spiro atoms. The lowest BCUT2D eigenvalue weighted by molar-refractivity contribution is -0.120. The zero-order valence-electron chi connectivity index (χ0n) is 12.3. The summed E-state index contributed by atoms with van der Waals surface area (Å²) in [6, 6.07) is 10.8. The summed E-state index contributed by atoms with van der Waals surface area (Å²) in [6.45, 7) is 2.38. The molecule has 0 unspecified atom stereocenters. The number of phenols is 1. The van der Waals surface area contributed by atoms with Gasteiger partial charge in [-0.05, 0) is 30.7 Å². The van der Waals surface area contributed by atoms with Crippen LogP contribution >= 0.6 is 0 Å². The van der Waals surface area contributed by atoms with Crippen LogP contribution in [0.5, 0.6) is 5.75 Å². The molecule has 3 aromatic rings. The van der Waals surface area contributed by atoms with Crippen LogP contribution in [0.3, 0.4) is 0 Å². The minimum Gasteiger partial charge on any atom is -0.508 e. The van der Waals surface area contributed by atoms with Crippen molar-refractivity contribution in [3.8, 4) is 5.75 Å². The van der Waals surface area contributed by atoms with E-state index >= 15 is 0 Å². The van der Waals surface area contributed by atoms with Crippen molar-refractivity contribution >= 4 is 11.6 Å². The summed E-state index contributed by atoms with van der Waals surface area (Å²) in [4.78, 5) is 16.4. The number of nitrogens with one attached hydrogen (secondary N) is 1. The Morgan fingerprint density at radius 3 is 2.95 bits per heavy atom. The van der Waals surface area contributed by atoms with Gasteiger partial charge in [0.2, 0.25) is 5.91 Å². The fourth-order valence-corrected chi connectivity index (χ4v) is 2.31. The minimum absolute atomic E-state index is 0.140. The molecule has 0 radical (unpaired) electrons. The molecule has 1 aromatic carbocycles. The molecule has 2 heterocycles. The van der Waals surface area contributed by atoms with Crippen LogP contribution in [0.25, 0.3) is 5.65 Å². The number of rotatable bonds is 4. The number of hydrogen-bond donors (Lipinski definition) is 2. The van der Waals surface area contributed by atoms with Gasteiger partial charge in [-0.1, -0.05) is 18.2 Å². The fourth-order valence-electron chi connectivity index (χ4n) is 2.31. The van der Waals surface area contributed by atoms with E-state index in [1.807, 2.05) is 35.9 Å². The van der Waals surface area contributed by atoms with Crippen molar-refractivity contribution < 1.29 is 9.90 Å². The van der Waals surface area contributed by atoms with Crippen molar-refractivity contribution in [1.29, 1.82) is 0 Å². The summed E-state index contributed by atoms with van der Waals surface area (Å²) >= 11 is 0. The van der Waals surface area contributed by atoms with Gasteiger partial charge >= 0.3 is 0 Å². The second-order valence-corrected chi connectivity index (χ2v) is 5.28. The smallest absolute Gasteiger partial charge is 0.224 e. The molecule has 0 aliphatic carbocycles. The maximum atomic E-state index is 12.0. The first-order chi connectivity index (χ1) is 10.6. The number of aromatic hydroxyl groups is 1. The SMILES string of the molecule is Cc1ccn2cc(CNC(=O)Cc3ccccc3O)nc2c1. The van der Waals surface area contributed by atoms with E-state index in [1.165, 1.54) is 0 Å². The predicted molar refractivity (Wildman–Crippen MR) is 83.6 cm³/mol. The highest BCUT2D eigenvalue weighted by molar-refractivity contribution is 5.79. The normalized spacial score (nSPS) is 10.8. The average molecular weight is 295 g/mol. The summed E-state index contributed by atoms with van der Waals surface area (Å²) in [6.07, 6.45) is 4.00. The van der Waals surface area contributed by atoms with E-state index in [0.29, 0.717) is 12.1 Å². The lowest BCUT2D eigenvalue weighted by atomic mass is 10.1. The number of carbonyl (C=O) groups is 1. The average Bonchev–Trinajstić information content (AvgIpc) is 2.89. The van der Waals surface area contributed by atoms with Crippen molar-refractivity contribution in [2.24, 2.45) is 0 Å². The van der Waals surface area contributed by atoms with E-state index in [4.69, 9.17) is 0 Å². The van der Waals surface area contributed by atoms with Crippen molar-refractivity contribution in [2.75, 3.05) is 0 Å². The zero-order chi connectivity index (χ0) is 15.5. The first-order valence-electron chi connectivity index (χ1n) is 7.09. The molecule has 5 heteroatoms. The molecule has 0 aliphatic heterocycles. The molecule has 0 atom stereocenters.